The van der Waals surface area contributed by atoms with Gasteiger partial charge in [-0.1, -0.05) is 12.8 Å². The number of benzene rings is 1. The molecule has 1 N–H and O–H groups in total. The Morgan fingerprint density at radius 1 is 1.33 bits per heavy atom. The minimum absolute atomic E-state index is 0.0392. The SMILES string of the molecule is CCOc1cc(C#N)ccc1OCC(=O)NC1CCCC1. The minimum Gasteiger partial charge on any atom is -0.490 e. The van der Waals surface area contributed by atoms with Crippen LogP contribution in [0.1, 0.15) is 38.2 Å². The topological polar surface area (TPSA) is 71.3 Å². The van der Waals surface area contributed by atoms with Crippen LogP contribution in [0.15, 0.2) is 18.2 Å². The van der Waals surface area contributed by atoms with Crippen LogP contribution in [0.2, 0.25) is 0 Å². The van der Waals surface area contributed by atoms with Gasteiger partial charge in [-0.2, -0.15) is 5.26 Å². The van der Waals surface area contributed by atoms with E-state index in [1.165, 1.54) is 12.8 Å². The van der Waals surface area contributed by atoms with E-state index < -0.39 is 0 Å². The average molecular weight is 288 g/mol. The molecule has 21 heavy (non-hydrogen) atoms. The summed E-state index contributed by atoms with van der Waals surface area (Å²) in [4.78, 5) is 11.8. The van der Waals surface area contributed by atoms with E-state index in [1.54, 1.807) is 18.2 Å². The third kappa shape index (κ3) is 4.38. The Kier molecular flexibility index (Phi) is 5.44. The highest BCUT2D eigenvalue weighted by atomic mass is 16.5. The molecule has 5 heteroatoms. The summed E-state index contributed by atoms with van der Waals surface area (Å²) in [6, 6.07) is 7.26. The fourth-order valence-electron chi connectivity index (χ4n) is 2.45. The van der Waals surface area contributed by atoms with Gasteiger partial charge in [0.2, 0.25) is 0 Å². The van der Waals surface area contributed by atoms with Gasteiger partial charge in [0, 0.05) is 12.1 Å². The molecule has 0 spiro atoms. The number of hydrogen-bond acceptors (Lipinski definition) is 4. The quantitative estimate of drug-likeness (QED) is 0.872. The second kappa shape index (κ2) is 7.53. The lowest BCUT2D eigenvalue weighted by atomic mass is 10.2. The zero-order valence-electron chi connectivity index (χ0n) is 12.2. The Hall–Kier alpha value is -2.22. The maximum atomic E-state index is 11.8. The number of ether oxygens (including phenoxy) is 2. The smallest absolute Gasteiger partial charge is 0.258 e. The van der Waals surface area contributed by atoms with Gasteiger partial charge < -0.3 is 14.8 Å². The van der Waals surface area contributed by atoms with Crippen molar-refractivity contribution in [2.75, 3.05) is 13.2 Å². The van der Waals surface area contributed by atoms with Gasteiger partial charge in [0.1, 0.15) is 0 Å². The molecule has 0 unspecified atom stereocenters. The zero-order valence-corrected chi connectivity index (χ0v) is 12.2. The van der Waals surface area contributed by atoms with E-state index in [2.05, 4.69) is 11.4 Å². The molecule has 1 aromatic carbocycles. The van der Waals surface area contributed by atoms with Gasteiger partial charge in [-0.25, -0.2) is 0 Å². The number of nitriles is 1. The first-order valence-corrected chi connectivity index (χ1v) is 7.32. The Balaban J connectivity index is 1.92. The molecule has 0 bridgehead atoms. The summed E-state index contributed by atoms with van der Waals surface area (Å²) < 4.78 is 11.0. The molecule has 0 heterocycles. The van der Waals surface area contributed by atoms with Gasteiger partial charge in [-0.05, 0) is 31.9 Å². The van der Waals surface area contributed by atoms with Crippen molar-refractivity contribution < 1.29 is 14.3 Å². The summed E-state index contributed by atoms with van der Waals surface area (Å²) in [6.45, 7) is 2.29. The molecule has 0 aliphatic heterocycles. The van der Waals surface area contributed by atoms with Crippen molar-refractivity contribution >= 4 is 5.91 Å². The van der Waals surface area contributed by atoms with Crippen molar-refractivity contribution in [2.24, 2.45) is 0 Å². The first kappa shape index (κ1) is 15.2. The Labute approximate surface area is 124 Å². The Morgan fingerprint density at radius 2 is 2.10 bits per heavy atom. The van der Waals surface area contributed by atoms with Gasteiger partial charge in [-0.3, -0.25) is 4.79 Å². The predicted molar refractivity (Wildman–Crippen MR) is 78.2 cm³/mol. The molecule has 2 rings (SSSR count). The summed E-state index contributed by atoms with van der Waals surface area (Å²) in [6.07, 6.45) is 4.45. The Bertz CT molecular complexity index is 531. The van der Waals surface area contributed by atoms with Crippen LogP contribution < -0.4 is 14.8 Å². The van der Waals surface area contributed by atoms with E-state index in [1.807, 2.05) is 6.92 Å². The van der Waals surface area contributed by atoms with E-state index in [9.17, 15) is 4.79 Å². The molecule has 0 aromatic heterocycles. The second-order valence-electron chi connectivity index (χ2n) is 5.04. The molecule has 112 valence electrons. The maximum absolute atomic E-state index is 11.8. The van der Waals surface area contributed by atoms with E-state index >= 15 is 0 Å². The highest BCUT2D eigenvalue weighted by molar-refractivity contribution is 5.78. The normalized spacial score (nSPS) is 14.5. The molecule has 5 nitrogen and oxygen atoms in total. The molecular formula is C16H20N2O3. The van der Waals surface area contributed by atoms with Crippen molar-refractivity contribution in [1.82, 2.24) is 5.32 Å². The monoisotopic (exact) mass is 288 g/mol. The summed E-state index contributed by atoms with van der Waals surface area (Å²) >= 11 is 0. The van der Waals surface area contributed by atoms with Crippen LogP contribution in [0, 0.1) is 11.3 Å². The molecule has 1 amide bonds. The van der Waals surface area contributed by atoms with Crippen LogP contribution in [0.4, 0.5) is 0 Å². The van der Waals surface area contributed by atoms with Gasteiger partial charge in [0.25, 0.3) is 5.91 Å². The number of carbonyl (C=O) groups excluding carboxylic acids is 1. The standard InChI is InChI=1S/C16H20N2O3/c1-2-20-15-9-12(10-17)7-8-14(15)21-11-16(19)18-13-5-3-4-6-13/h7-9,13H,2-6,11H2,1H3,(H,18,19). The molecule has 0 saturated heterocycles. The lowest BCUT2D eigenvalue weighted by molar-refractivity contribution is -0.123. The van der Waals surface area contributed by atoms with Gasteiger partial charge >= 0.3 is 0 Å². The van der Waals surface area contributed by atoms with Crippen molar-refractivity contribution in [2.45, 2.75) is 38.6 Å². The maximum Gasteiger partial charge on any atom is 0.258 e. The van der Waals surface area contributed by atoms with Crippen molar-refractivity contribution in [1.29, 1.82) is 5.26 Å². The van der Waals surface area contributed by atoms with Crippen molar-refractivity contribution in [3.63, 3.8) is 0 Å². The van der Waals surface area contributed by atoms with Crippen LogP contribution >= 0.6 is 0 Å². The van der Waals surface area contributed by atoms with Gasteiger partial charge in [0.05, 0.1) is 18.2 Å². The van der Waals surface area contributed by atoms with Crippen LogP contribution in [-0.4, -0.2) is 25.2 Å². The number of carbonyl (C=O) groups is 1. The number of nitrogens with one attached hydrogen (secondary N) is 1. The largest absolute Gasteiger partial charge is 0.490 e. The molecular weight excluding hydrogens is 268 g/mol. The second-order valence-corrected chi connectivity index (χ2v) is 5.04. The molecule has 1 fully saturated rings. The highest BCUT2D eigenvalue weighted by Gasteiger charge is 2.17. The van der Waals surface area contributed by atoms with E-state index in [0.29, 0.717) is 23.7 Å². The van der Waals surface area contributed by atoms with Crippen molar-refractivity contribution in [3.05, 3.63) is 23.8 Å². The summed E-state index contributed by atoms with van der Waals surface area (Å²) in [5.74, 6) is 0.858. The lowest BCUT2D eigenvalue weighted by Gasteiger charge is -2.14. The third-order valence-corrected chi connectivity index (χ3v) is 3.45. The van der Waals surface area contributed by atoms with Crippen molar-refractivity contribution in [3.8, 4) is 17.6 Å². The van der Waals surface area contributed by atoms with Crippen LogP contribution in [0.25, 0.3) is 0 Å². The fraction of sp³-hybridized carbons (Fsp3) is 0.500. The third-order valence-electron chi connectivity index (χ3n) is 3.45. The van der Waals surface area contributed by atoms with E-state index in [-0.39, 0.29) is 18.6 Å². The van der Waals surface area contributed by atoms with Crippen LogP contribution in [0.3, 0.4) is 0 Å². The molecule has 1 aromatic rings. The molecule has 1 aliphatic carbocycles. The lowest BCUT2D eigenvalue weighted by Crippen LogP contribution is -2.36. The first-order chi connectivity index (χ1) is 10.2. The number of rotatable bonds is 6. The zero-order chi connectivity index (χ0) is 15.1. The summed E-state index contributed by atoms with van der Waals surface area (Å²) in [5.41, 5.74) is 0.501. The van der Waals surface area contributed by atoms with Gasteiger partial charge in [0.15, 0.2) is 18.1 Å². The molecule has 1 aliphatic rings. The average Bonchev–Trinajstić information content (AvgIpc) is 2.99. The fourth-order valence-corrected chi connectivity index (χ4v) is 2.45. The first-order valence-electron chi connectivity index (χ1n) is 7.32. The minimum atomic E-state index is -0.117. The molecule has 0 atom stereocenters. The summed E-state index contributed by atoms with van der Waals surface area (Å²) in [5, 5.41) is 11.9. The highest BCUT2D eigenvalue weighted by Crippen LogP contribution is 2.28. The van der Waals surface area contributed by atoms with E-state index in [0.717, 1.165) is 12.8 Å². The van der Waals surface area contributed by atoms with Gasteiger partial charge in [-0.15, -0.1) is 0 Å². The molecule has 0 radical (unpaired) electrons. The summed E-state index contributed by atoms with van der Waals surface area (Å²) in [7, 11) is 0. The Morgan fingerprint density at radius 3 is 2.76 bits per heavy atom. The van der Waals surface area contributed by atoms with E-state index in [4.69, 9.17) is 14.7 Å². The number of nitrogens with zero attached hydrogens (tertiary/aromatic N) is 1. The molecule has 1 saturated carbocycles. The predicted octanol–water partition coefficient (Wildman–Crippen LogP) is 2.39. The van der Waals surface area contributed by atoms with Crippen LogP contribution in [-0.2, 0) is 4.79 Å². The van der Waals surface area contributed by atoms with Crippen LogP contribution in [0.5, 0.6) is 11.5 Å². The number of hydrogen-bond donors (Lipinski definition) is 1. The number of amides is 1.